The first-order chi connectivity index (χ1) is 12.4. The zero-order valence-corrected chi connectivity index (χ0v) is 15.4. The minimum absolute atomic E-state index is 0.00618. The Morgan fingerprint density at radius 1 is 1.12 bits per heavy atom. The average molecular weight is 367 g/mol. The Bertz CT molecular complexity index is 635. The molecule has 2 atom stereocenters. The smallest absolute Gasteiger partial charge is 0.300 e. The quantitative estimate of drug-likeness (QED) is 0.641. The number of carbonyl (C=O) groups excluding carboxylic acids is 1. The summed E-state index contributed by atoms with van der Waals surface area (Å²) >= 11 is 0. The van der Waals surface area contributed by atoms with Gasteiger partial charge in [0.05, 0.1) is 5.56 Å². The van der Waals surface area contributed by atoms with Crippen LogP contribution in [0, 0.1) is 5.92 Å². The Morgan fingerprint density at radius 2 is 1.81 bits per heavy atom. The monoisotopic (exact) mass is 367 g/mol. The van der Waals surface area contributed by atoms with Gasteiger partial charge in [0.25, 0.3) is 0 Å². The zero-order chi connectivity index (χ0) is 18.7. The van der Waals surface area contributed by atoms with Crippen LogP contribution in [0.25, 0.3) is 0 Å². The van der Waals surface area contributed by atoms with Crippen LogP contribution in [0.2, 0.25) is 0 Å². The molecule has 1 saturated carbocycles. The number of hydrogen-bond acceptors (Lipinski definition) is 2. The molecule has 1 aromatic carbocycles. The van der Waals surface area contributed by atoms with Crippen molar-refractivity contribution in [3.05, 3.63) is 34.9 Å². The molecule has 0 aromatic heterocycles. The van der Waals surface area contributed by atoms with E-state index in [9.17, 15) is 18.0 Å². The Kier molecular flexibility index (Phi) is 6.06. The van der Waals surface area contributed by atoms with Crippen LogP contribution in [0.5, 0.6) is 0 Å². The number of halogens is 3. The molecule has 1 aliphatic carbocycles. The molecule has 0 bridgehead atoms. The molecule has 2 aliphatic rings. The number of carbonyl (C=O) groups is 1. The molecule has 0 unspecified atom stereocenters. The molecular formula is C21H28F3NO. The third-order valence-electron chi connectivity index (χ3n) is 6.04. The van der Waals surface area contributed by atoms with Crippen LogP contribution >= 0.6 is 0 Å². The van der Waals surface area contributed by atoms with Crippen molar-refractivity contribution >= 4 is 5.78 Å². The minimum atomic E-state index is -4.37. The molecule has 1 heterocycles. The fraction of sp³-hybridized carbons (Fsp3) is 0.667. The summed E-state index contributed by atoms with van der Waals surface area (Å²) in [5.41, 5.74) is 0.322. The number of hydrogen-bond donors (Lipinski definition) is 0. The third-order valence-corrected chi connectivity index (χ3v) is 6.04. The van der Waals surface area contributed by atoms with Crippen LogP contribution in [0.4, 0.5) is 13.2 Å². The van der Waals surface area contributed by atoms with E-state index in [0.717, 1.165) is 44.5 Å². The standard InChI is InChI=1S/C21H28F3NO/c1-2-15-13-17(21(22,23)24)9-10-18(15)20(26)14-16-7-3-4-8-19(16)25-11-5-6-12-25/h9-10,13,16,19H,2-8,11-12,14H2,1H3/t16-,19-/m1/s1. The van der Waals surface area contributed by atoms with Crippen LogP contribution in [-0.2, 0) is 12.6 Å². The van der Waals surface area contributed by atoms with E-state index in [1.165, 1.54) is 25.3 Å². The first kappa shape index (κ1) is 19.4. The van der Waals surface area contributed by atoms with Gasteiger partial charge in [-0.25, -0.2) is 0 Å². The Balaban J connectivity index is 1.76. The number of aryl methyl sites for hydroxylation is 1. The molecule has 144 valence electrons. The lowest BCUT2D eigenvalue weighted by molar-refractivity contribution is -0.137. The number of ketones is 1. The predicted molar refractivity (Wildman–Crippen MR) is 96.3 cm³/mol. The summed E-state index contributed by atoms with van der Waals surface area (Å²) in [6, 6.07) is 4.05. The van der Waals surface area contributed by atoms with Gasteiger partial charge in [0.1, 0.15) is 0 Å². The average Bonchev–Trinajstić information content (AvgIpc) is 3.15. The van der Waals surface area contributed by atoms with Crippen molar-refractivity contribution in [1.29, 1.82) is 0 Å². The summed E-state index contributed by atoms with van der Waals surface area (Å²) in [7, 11) is 0. The summed E-state index contributed by atoms with van der Waals surface area (Å²) in [5.74, 6) is 0.341. The van der Waals surface area contributed by atoms with Gasteiger partial charge in [0, 0.05) is 18.0 Å². The molecule has 1 saturated heterocycles. The van der Waals surface area contributed by atoms with Crippen LogP contribution in [-0.4, -0.2) is 29.8 Å². The Morgan fingerprint density at radius 3 is 2.46 bits per heavy atom. The highest BCUT2D eigenvalue weighted by Gasteiger charge is 2.34. The van der Waals surface area contributed by atoms with E-state index < -0.39 is 11.7 Å². The van der Waals surface area contributed by atoms with Gasteiger partial charge in [0.15, 0.2) is 5.78 Å². The van der Waals surface area contributed by atoms with Gasteiger partial charge < -0.3 is 4.90 Å². The Labute approximate surface area is 153 Å². The van der Waals surface area contributed by atoms with Gasteiger partial charge in [-0.3, -0.25) is 4.79 Å². The maximum Gasteiger partial charge on any atom is 0.416 e. The van der Waals surface area contributed by atoms with Crippen molar-refractivity contribution in [2.45, 2.75) is 70.5 Å². The van der Waals surface area contributed by atoms with E-state index in [0.29, 0.717) is 35.9 Å². The molecule has 1 aromatic rings. The predicted octanol–water partition coefficient (Wildman–Crippen LogP) is 5.50. The molecule has 5 heteroatoms. The second-order valence-electron chi connectivity index (χ2n) is 7.71. The molecule has 26 heavy (non-hydrogen) atoms. The van der Waals surface area contributed by atoms with Crippen molar-refractivity contribution in [3.8, 4) is 0 Å². The highest BCUT2D eigenvalue weighted by atomic mass is 19.4. The first-order valence-electron chi connectivity index (χ1n) is 9.87. The maximum absolute atomic E-state index is 12.9. The van der Waals surface area contributed by atoms with Crippen LogP contribution in [0.1, 0.15) is 73.4 Å². The molecule has 0 N–H and O–H groups in total. The fourth-order valence-electron chi connectivity index (χ4n) is 4.66. The van der Waals surface area contributed by atoms with E-state index in [4.69, 9.17) is 0 Å². The van der Waals surface area contributed by atoms with Crippen LogP contribution < -0.4 is 0 Å². The molecule has 0 radical (unpaired) electrons. The van der Waals surface area contributed by atoms with Crippen LogP contribution in [0.3, 0.4) is 0 Å². The molecule has 2 fully saturated rings. The highest BCUT2D eigenvalue weighted by molar-refractivity contribution is 5.97. The summed E-state index contributed by atoms with van der Waals surface area (Å²) in [5, 5.41) is 0. The van der Waals surface area contributed by atoms with Crippen molar-refractivity contribution in [2.75, 3.05) is 13.1 Å². The summed E-state index contributed by atoms with van der Waals surface area (Å²) < 4.78 is 38.8. The fourth-order valence-corrected chi connectivity index (χ4v) is 4.66. The molecule has 0 spiro atoms. The summed E-state index contributed by atoms with van der Waals surface area (Å²) in [6.07, 6.45) is 3.55. The number of nitrogens with zero attached hydrogens (tertiary/aromatic N) is 1. The normalized spacial score (nSPS) is 24.8. The minimum Gasteiger partial charge on any atom is -0.300 e. The lowest BCUT2D eigenvalue weighted by Gasteiger charge is -2.37. The lowest BCUT2D eigenvalue weighted by Crippen LogP contribution is -2.41. The number of benzene rings is 1. The van der Waals surface area contributed by atoms with Gasteiger partial charge in [-0.15, -0.1) is 0 Å². The van der Waals surface area contributed by atoms with E-state index in [1.807, 2.05) is 0 Å². The molecule has 1 aliphatic heterocycles. The molecule has 3 rings (SSSR count). The van der Waals surface area contributed by atoms with Gasteiger partial charge in [0.2, 0.25) is 0 Å². The van der Waals surface area contributed by atoms with E-state index >= 15 is 0 Å². The third kappa shape index (κ3) is 4.30. The molecular weight excluding hydrogens is 339 g/mol. The number of rotatable bonds is 5. The van der Waals surface area contributed by atoms with E-state index in [-0.39, 0.29) is 5.78 Å². The van der Waals surface area contributed by atoms with Crippen molar-refractivity contribution < 1.29 is 18.0 Å². The maximum atomic E-state index is 12.9. The first-order valence-corrected chi connectivity index (χ1v) is 9.87. The van der Waals surface area contributed by atoms with Gasteiger partial charge in [-0.05, 0) is 68.8 Å². The largest absolute Gasteiger partial charge is 0.416 e. The van der Waals surface area contributed by atoms with Crippen molar-refractivity contribution in [3.63, 3.8) is 0 Å². The van der Waals surface area contributed by atoms with Crippen molar-refractivity contribution in [1.82, 2.24) is 4.90 Å². The number of likely N-dealkylation sites (tertiary alicyclic amines) is 1. The summed E-state index contributed by atoms with van der Waals surface area (Å²) in [4.78, 5) is 15.4. The summed E-state index contributed by atoms with van der Waals surface area (Å²) in [6.45, 7) is 4.05. The van der Waals surface area contributed by atoms with Crippen LogP contribution in [0.15, 0.2) is 18.2 Å². The lowest BCUT2D eigenvalue weighted by atomic mass is 9.79. The second kappa shape index (κ2) is 8.12. The molecule has 2 nitrogen and oxygen atoms in total. The van der Waals surface area contributed by atoms with Gasteiger partial charge >= 0.3 is 6.18 Å². The number of Topliss-reactive ketones (excluding diaryl/α,β-unsaturated/α-hetero) is 1. The SMILES string of the molecule is CCc1cc(C(F)(F)F)ccc1C(=O)C[C@H]1CCCC[C@H]1N1CCCC1. The van der Waals surface area contributed by atoms with E-state index in [2.05, 4.69) is 4.90 Å². The highest BCUT2D eigenvalue weighted by Crippen LogP contribution is 2.35. The Hall–Kier alpha value is -1.36. The molecule has 0 amide bonds. The van der Waals surface area contributed by atoms with Gasteiger partial charge in [-0.1, -0.05) is 25.8 Å². The van der Waals surface area contributed by atoms with Crippen molar-refractivity contribution in [2.24, 2.45) is 5.92 Å². The number of alkyl halides is 3. The zero-order valence-electron chi connectivity index (χ0n) is 15.4. The second-order valence-corrected chi connectivity index (χ2v) is 7.71. The topological polar surface area (TPSA) is 20.3 Å². The van der Waals surface area contributed by atoms with E-state index in [1.54, 1.807) is 6.92 Å². The van der Waals surface area contributed by atoms with Gasteiger partial charge in [-0.2, -0.15) is 13.2 Å².